The summed E-state index contributed by atoms with van der Waals surface area (Å²) in [5.74, 6) is 0.880. The molecule has 2 aliphatic rings. The van der Waals surface area contributed by atoms with Gasteiger partial charge >= 0.3 is 0 Å². The average molecular weight is 364 g/mol. The molecule has 1 aromatic carbocycles. The molecule has 0 radical (unpaired) electrons. The van der Waals surface area contributed by atoms with Gasteiger partial charge < -0.3 is 20.9 Å². The number of imidazole rings is 1. The summed E-state index contributed by atoms with van der Waals surface area (Å²) in [5.41, 5.74) is 9.85. The monoisotopic (exact) mass is 363 g/mol. The van der Waals surface area contributed by atoms with Crippen LogP contribution >= 0.6 is 0 Å². The zero-order chi connectivity index (χ0) is 18.5. The lowest BCUT2D eigenvalue weighted by Crippen LogP contribution is -2.36. The highest BCUT2D eigenvalue weighted by Crippen LogP contribution is 2.23. The largest absolute Gasteiger partial charge is 0.351 e. The maximum atomic E-state index is 6.39. The van der Waals surface area contributed by atoms with Crippen LogP contribution in [0.4, 0.5) is 0 Å². The Morgan fingerprint density at radius 1 is 1.15 bits per heavy atom. The number of benzene rings is 1. The van der Waals surface area contributed by atoms with Crippen LogP contribution in [-0.2, 0) is 6.54 Å². The predicted octanol–water partition coefficient (Wildman–Crippen LogP) is 3.84. The van der Waals surface area contributed by atoms with Gasteiger partial charge in [0.15, 0.2) is 0 Å². The van der Waals surface area contributed by atoms with E-state index in [2.05, 4.69) is 69.0 Å². The number of aromatic amines is 1. The minimum absolute atomic E-state index is 0.0497. The second-order valence-electron chi connectivity index (χ2n) is 7.55. The fourth-order valence-corrected chi connectivity index (χ4v) is 3.84. The number of nitrogens with zero attached hydrogens (tertiary/aromatic N) is 2. The summed E-state index contributed by atoms with van der Waals surface area (Å²) in [5, 5.41) is 3.56. The van der Waals surface area contributed by atoms with Crippen LogP contribution in [0.1, 0.15) is 49.5 Å². The summed E-state index contributed by atoms with van der Waals surface area (Å²) in [7, 11) is 0. The number of allylic oxidation sites excluding steroid dienone is 2. The van der Waals surface area contributed by atoms with Gasteiger partial charge in [-0.1, -0.05) is 42.8 Å². The molecule has 4 N–H and O–H groups in total. The summed E-state index contributed by atoms with van der Waals surface area (Å²) in [6.07, 6.45) is 16.3. The van der Waals surface area contributed by atoms with Crippen LogP contribution in [0.25, 0.3) is 11.3 Å². The Kier molecular flexibility index (Phi) is 5.70. The van der Waals surface area contributed by atoms with Gasteiger partial charge in [0, 0.05) is 25.0 Å². The highest BCUT2D eigenvalue weighted by molar-refractivity contribution is 5.58. The van der Waals surface area contributed by atoms with E-state index in [1.807, 2.05) is 6.20 Å². The lowest BCUT2D eigenvalue weighted by Gasteiger charge is -2.25. The molecule has 0 saturated carbocycles. The van der Waals surface area contributed by atoms with Crippen LogP contribution in [-0.4, -0.2) is 27.5 Å². The molecule has 2 atom stereocenters. The molecule has 1 aromatic heterocycles. The van der Waals surface area contributed by atoms with Crippen LogP contribution in [0.5, 0.6) is 0 Å². The van der Waals surface area contributed by atoms with E-state index in [0.29, 0.717) is 6.04 Å². The van der Waals surface area contributed by atoms with Gasteiger partial charge in [-0.05, 0) is 43.4 Å². The molecule has 0 aliphatic carbocycles. The third-order valence-electron chi connectivity index (χ3n) is 5.39. The number of hydrogen-bond donors (Lipinski definition) is 3. The van der Waals surface area contributed by atoms with Crippen LogP contribution in [0.3, 0.4) is 0 Å². The molecule has 5 heteroatoms. The summed E-state index contributed by atoms with van der Waals surface area (Å²) < 4.78 is 0. The number of nitrogens with two attached hydrogens (primary N) is 1. The maximum absolute atomic E-state index is 6.39. The van der Waals surface area contributed by atoms with Gasteiger partial charge in [0.2, 0.25) is 0 Å². The third kappa shape index (κ3) is 4.67. The normalized spacial score (nSPS) is 20.8. The van der Waals surface area contributed by atoms with Gasteiger partial charge in [-0.2, -0.15) is 0 Å². The third-order valence-corrected chi connectivity index (χ3v) is 5.39. The Bertz CT molecular complexity index is 771. The van der Waals surface area contributed by atoms with Gasteiger partial charge in [0.05, 0.1) is 17.9 Å². The summed E-state index contributed by atoms with van der Waals surface area (Å²) in [4.78, 5) is 10.2. The van der Waals surface area contributed by atoms with Crippen molar-refractivity contribution >= 4 is 0 Å². The fraction of sp³-hybridized carbons (Fsp3) is 0.409. The molecule has 1 saturated heterocycles. The van der Waals surface area contributed by atoms with E-state index >= 15 is 0 Å². The van der Waals surface area contributed by atoms with Gasteiger partial charge in [0.1, 0.15) is 5.82 Å². The molecule has 0 bridgehead atoms. The molecule has 3 heterocycles. The second kappa shape index (κ2) is 8.55. The zero-order valence-corrected chi connectivity index (χ0v) is 15.8. The molecule has 1 fully saturated rings. The molecule has 27 heavy (non-hydrogen) atoms. The molecule has 2 aliphatic heterocycles. The van der Waals surface area contributed by atoms with E-state index in [1.165, 1.54) is 24.8 Å². The molecular weight excluding hydrogens is 334 g/mol. The van der Waals surface area contributed by atoms with Gasteiger partial charge in [-0.3, -0.25) is 0 Å². The standard InChI is InChI=1S/C22H29N5/c23-20(14-19-6-2-3-11-24-19)22-25-15-21(26-22)18-9-7-17(8-10-18)16-27-12-4-1-5-13-27/h4-5,7-10,12-13,15,19-20,24H,1-3,6,11,14,16,23H2,(H,25,26)/t19?,20-/m0/s1. The first-order chi connectivity index (χ1) is 13.3. The Balaban J connectivity index is 1.38. The SMILES string of the molecule is N[C@@H](CC1CCCCN1)c1ncc(-c2ccc(CN3C=CCC=C3)cc2)[nH]1. The van der Waals surface area contributed by atoms with Crippen molar-refractivity contribution < 1.29 is 0 Å². The minimum atomic E-state index is -0.0497. The lowest BCUT2D eigenvalue weighted by molar-refractivity contribution is 0.358. The number of rotatable bonds is 6. The van der Waals surface area contributed by atoms with Crippen molar-refractivity contribution in [3.05, 3.63) is 66.4 Å². The Hall–Kier alpha value is -2.37. The molecular formula is C22H29N5. The summed E-state index contributed by atoms with van der Waals surface area (Å²) >= 11 is 0. The number of hydrogen-bond acceptors (Lipinski definition) is 4. The van der Waals surface area contributed by atoms with Crippen molar-refractivity contribution in [1.82, 2.24) is 20.2 Å². The van der Waals surface area contributed by atoms with Gasteiger partial charge in [-0.15, -0.1) is 0 Å². The molecule has 5 nitrogen and oxygen atoms in total. The van der Waals surface area contributed by atoms with E-state index in [1.54, 1.807) is 0 Å². The quantitative estimate of drug-likeness (QED) is 0.729. The van der Waals surface area contributed by atoms with E-state index in [9.17, 15) is 0 Å². The van der Waals surface area contributed by atoms with Gasteiger partial charge in [-0.25, -0.2) is 4.98 Å². The second-order valence-corrected chi connectivity index (χ2v) is 7.55. The molecule has 4 rings (SSSR count). The zero-order valence-electron chi connectivity index (χ0n) is 15.8. The Morgan fingerprint density at radius 2 is 1.96 bits per heavy atom. The topological polar surface area (TPSA) is 70.0 Å². The van der Waals surface area contributed by atoms with E-state index < -0.39 is 0 Å². The maximum Gasteiger partial charge on any atom is 0.123 e. The predicted molar refractivity (Wildman–Crippen MR) is 110 cm³/mol. The highest BCUT2D eigenvalue weighted by Gasteiger charge is 2.19. The number of aromatic nitrogens is 2. The fourth-order valence-electron chi connectivity index (χ4n) is 3.84. The van der Waals surface area contributed by atoms with Crippen LogP contribution in [0.15, 0.2) is 55.0 Å². The van der Waals surface area contributed by atoms with E-state index in [0.717, 1.165) is 43.0 Å². The summed E-state index contributed by atoms with van der Waals surface area (Å²) in [6, 6.07) is 9.12. The molecule has 1 unspecified atom stereocenters. The smallest absolute Gasteiger partial charge is 0.123 e. The Labute approximate surface area is 161 Å². The van der Waals surface area contributed by atoms with Crippen LogP contribution in [0, 0.1) is 0 Å². The Morgan fingerprint density at radius 3 is 2.70 bits per heavy atom. The van der Waals surface area contributed by atoms with Crippen molar-refractivity contribution in [3.63, 3.8) is 0 Å². The molecule has 0 spiro atoms. The first-order valence-electron chi connectivity index (χ1n) is 10.0. The number of nitrogens with one attached hydrogen (secondary N) is 2. The first-order valence-corrected chi connectivity index (χ1v) is 10.0. The summed E-state index contributed by atoms with van der Waals surface area (Å²) in [6.45, 7) is 2.00. The van der Waals surface area contributed by atoms with E-state index in [4.69, 9.17) is 5.73 Å². The first kappa shape index (κ1) is 18.0. The van der Waals surface area contributed by atoms with E-state index in [-0.39, 0.29) is 6.04 Å². The van der Waals surface area contributed by atoms with Crippen molar-refractivity contribution in [1.29, 1.82) is 0 Å². The highest BCUT2D eigenvalue weighted by atomic mass is 15.1. The molecule has 0 amide bonds. The number of H-pyrrole nitrogens is 1. The van der Waals surface area contributed by atoms with Crippen molar-refractivity contribution in [2.45, 2.75) is 50.7 Å². The van der Waals surface area contributed by atoms with Crippen molar-refractivity contribution in [2.24, 2.45) is 5.73 Å². The van der Waals surface area contributed by atoms with Crippen LogP contribution in [0.2, 0.25) is 0 Å². The molecule has 2 aromatic rings. The minimum Gasteiger partial charge on any atom is -0.351 e. The molecule has 142 valence electrons. The number of piperidine rings is 1. The van der Waals surface area contributed by atoms with Crippen molar-refractivity contribution in [2.75, 3.05) is 6.54 Å². The average Bonchev–Trinajstić information content (AvgIpc) is 3.21. The van der Waals surface area contributed by atoms with Crippen LogP contribution < -0.4 is 11.1 Å². The lowest BCUT2D eigenvalue weighted by atomic mass is 9.98. The van der Waals surface area contributed by atoms with Crippen molar-refractivity contribution in [3.8, 4) is 11.3 Å². The van der Waals surface area contributed by atoms with Gasteiger partial charge in [0.25, 0.3) is 0 Å².